The number of amides is 4. The number of methoxy groups -OCH3 is 2. The summed E-state index contributed by atoms with van der Waals surface area (Å²) >= 11 is 0. The molecule has 4 amide bonds. The van der Waals surface area contributed by atoms with E-state index in [-0.39, 0.29) is 49.9 Å². The highest BCUT2D eigenvalue weighted by molar-refractivity contribution is 6.14. The van der Waals surface area contributed by atoms with Gasteiger partial charge in [0, 0.05) is 42.9 Å². The van der Waals surface area contributed by atoms with Gasteiger partial charge in [0.1, 0.15) is 18.7 Å². The molecule has 0 aromatic heterocycles. The molecule has 52 heavy (non-hydrogen) atoms. The van der Waals surface area contributed by atoms with Crippen LogP contribution in [-0.4, -0.2) is 73.3 Å². The Balaban J connectivity index is 1.19. The smallest absolute Gasteiger partial charge is 0.305 e. The average Bonchev–Trinajstić information content (AvgIpc) is 3.46. The number of aliphatic hydroxyl groups excluding tert-OH is 1. The van der Waals surface area contributed by atoms with Crippen molar-refractivity contribution < 1.29 is 43.3 Å². The number of ether oxygens (including phenoxy) is 3. The van der Waals surface area contributed by atoms with Crippen LogP contribution < -0.4 is 30.3 Å². The molecule has 3 aromatic rings. The molecule has 5 rings (SSSR count). The largest absolute Gasteiger partial charge is 0.493 e. The second-order valence-corrected chi connectivity index (χ2v) is 12.7. The number of para-hydroxylation sites is 1. The number of hydrogen-bond acceptors (Lipinski definition) is 10. The van der Waals surface area contributed by atoms with E-state index in [2.05, 4.69) is 25.7 Å². The fraction of sp³-hybridized carbons (Fsp3) is 0.368. The molecule has 3 aromatic carbocycles. The molecule has 0 aliphatic carbocycles. The molecule has 0 saturated heterocycles. The van der Waals surface area contributed by atoms with Gasteiger partial charge in [-0.3, -0.25) is 33.9 Å². The number of nitrogens with zero attached hydrogens (tertiary/aromatic N) is 2. The molecule has 14 nitrogen and oxygen atoms in total. The van der Waals surface area contributed by atoms with E-state index in [0.29, 0.717) is 58.8 Å². The highest BCUT2D eigenvalue weighted by atomic mass is 16.5. The van der Waals surface area contributed by atoms with E-state index in [9.17, 15) is 29.1 Å². The summed E-state index contributed by atoms with van der Waals surface area (Å²) in [5.74, 6) is -1.25. The standard InChI is InChI=1S/C38H43N5O9/c1-22(40-34(45)11-7-8-12-35(46)51-4)36(47)41-23(2)37(48)42-27-14-24(20-44)13-25(15-27)21-52-33-18-30-29(17-32(33)50-3)38(49)43-28(19-39-30)16-26-9-5-6-10-31(26)43/h5-6,9-10,13-15,17-19,22-23,28,44H,7-8,11-12,16,20-21H2,1-4H3,(H,40,45)(H,41,47)(H,42,48)/t22-,23-,28?/m0/s1. The summed E-state index contributed by atoms with van der Waals surface area (Å²) in [5.41, 5.74) is 4.29. The number of rotatable bonds is 15. The third-order valence-corrected chi connectivity index (χ3v) is 8.81. The topological polar surface area (TPSA) is 185 Å². The van der Waals surface area contributed by atoms with E-state index >= 15 is 0 Å². The number of carbonyl (C=O) groups is 5. The molecule has 0 fully saturated rings. The summed E-state index contributed by atoms with van der Waals surface area (Å²) in [6, 6.07) is 14.0. The minimum Gasteiger partial charge on any atom is -0.493 e. The van der Waals surface area contributed by atoms with E-state index in [1.54, 1.807) is 41.4 Å². The van der Waals surface area contributed by atoms with Crippen LogP contribution in [0.4, 0.5) is 17.1 Å². The molecule has 3 atom stereocenters. The summed E-state index contributed by atoms with van der Waals surface area (Å²) in [6.45, 7) is 2.74. The summed E-state index contributed by atoms with van der Waals surface area (Å²) in [7, 11) is 2.78. The van der Waals surface area contributed by atoms with Gasteiger partial charge in [0.15, 0.2) is 11.5 Å². The van der Waals surface area contributed by atoms with Crippen molar-refractivity contribution in [2.45, 2.75) is 77.3 Å². The number of carbonyl (C=O) groups excluding carboxylic acids is 5. The maximum Gasteiger partial charge on any atom is 0.305 e. The van der Waals surface area contributed by atoms with Gasteiger partial charge in [-0.1, -0.05) is 18.2 Å². The van der Waals surface area contributed by atoms with Crippen molar-refractivity contribution in [1.29, 1.82) is 0 Å². The van der Waals surface area contributed by atoms with Gasteiger partial charge >= 0.3 is 5.97 Å². The lowest BCUT2D eigenvalue weighted by Gasteiger charge is -2.22. The van der Waals surface area contributed by atoms with Crippen LogP contribution in [-0.2, 0) is 43.5 Å². The van der Waals surface area contributed by atoms with E-state index < -0.39 is 23.9 Å². The Morgan fingerprint density at radius 3 is 2.40 bits per heavy atom. The number of aliphatic hydroxyl groups is 1. The lowest BCUT2D eigenvalue weighted by Crippen LogP contribution is -2.50. The SMILES string of the molecule is COC(=O)CCCCC(=O)N[C@@H](C)C(=O)N[C@@H](C)C(=O)Nc1cc(CO)cc(COc2cc3c(cc2OC)C(=O)N2c4ccccc4CC2C=N3)c1. The highest BCUT2D eigenvalue weighted by Crippen LogP contribution is 2.41. The van der Waals surface area contributed by atoms with Crippen LogP contribution in [0.5, 0.6) is 11.5 Å². The highest BCUT2D eigenvalue weighted by Gasteiger charge is 2.36. The first kappa shape index (κ1) is 37.5. The Bertz CT molecular complexity index is 1880. The molecule has 4 N–H and O–H groups in total. The molecule has 2 aliphatic rings. The Kier molecular flexibility index (Phi) is 12.2. The molecule has 2 heterocycles. The fourth-order valence-electron chi connectivity index (χ4n) is 6.05. The maximum atomic E-state index is 13.7. The molecule has 0 spiro atoms. The summed E-state index contributed by atoms with van der Waals surface area (Å²) in [5, 5.41) is 17.9. The lowest BCUT2D eigenvalue weighted by molar-refractivity contribution is -0.140. The number of unbranched alkanes of at least 4 members (excludes halogenated alkanes) is 1. The van der Waals surface area contributed by atoms with Crippen molar-refractivity contribution in [2.75, 3.05) is 24.4 Å². The molecule has 0 bridgehead atoms. The Morgan fingerprint density at radius 2 is 1.65 bits per heavy atom. The second kappa shape index (κ2) is 17.0. The third kappa shape index (κ3) is 8.93. The first-order chi connectivity index (χ1) is 25.0. The predicted octanol–water partition coefficient (Wildman–Crippen LogP) is 3.74. The molecule has 0 saturated carbocycles. The van der Waals surface area contributed by atoms with Crippen molar-refractivity contribution in [1.82, 2.24) is 10.6 Å². The van der Waals surface area contributed by atoms with E-state index in [4.69, 9.17) is 9.47 Å². The van der Waals surface area contributed by atoms with Crippen molar-refractivity contribution in [3.8, 4) is 11.5 Å². The van der Waals surface area contributed by atoms with Crippen LogP contribution in [0.3, 0.4) is 0 Å². The predicted molar refractivity (Wildman–Crippen MR) is 193 cm³/mol. The number of fused-ring (bicyclic) bond motifs is 4. The molecule has 14 heteroatoms. The second-order valence-electron chi connectivity index (χ2n) is 12.7. The van der Waals surface area contributed by atoms with Gasteiger partial charge in [0.05, 0.1) is 38.1 Å². The van der Waals surface area contributed by atoms with Crippen LogP contribution in [0, 0.1) is 0 Å². The Morgan fingerprint density at radius 1 is 0.923 bits per heavy atom. The molecule has 2 aliphatic heterocycles. The van der Waals surface area contributed by atoms with Gasteiger partial charge in [-0.25, -0.2) is 0 Å². The van der Waals surface area contributed by atoms with Gasteiger partial charge in [0.25, 0.3) is 5.91 Å². The Hall–Kier alpha value is -5.76. The normalized spacial score (nSPS) is 15.3. The first-order valence-electron chi connectivity index (χ1n) is 17.0. The van der Waals surface area contributed by atoms with Crippen LogP contribution in [0.1, 0.15) is 66.6 Å². The molecule has 0 radical (unpaired) electrons. The number of anilines is 2. The van der Waals surface area contributed by atoms with Crippen LogP contribution in [0.15, 0.2) is 59.6 Å². The number of esters is 1. The molecular weight excluding hydrogens is 670 g/mol. The quantitative estimate of drug-likeness (QED) is 0.135. The number of hydrogen-bond donors (Lipinski definition) is 4. The summed E-state index contributed by atoms with van der Waals surface area (Å²) < 4.78 is 16.3. The Labute approximate surface area is 301 Å². The fourth-order valence-corrected chi connectivity index (χ4v) is 6.05. The van der Waals surface area contributed by atoms with Gasteiger partial charge < -0.3 is 35.3 Å². The van der Waals surface area contributed by atoms with Crippen molar-refractivity contribution in [3.63, 3.8) is 0 Å². The van der Waals surface area contributed by atoms with Crippen LogP contribution in [0.25, 0.3) is 0 Å². The summed E-state index contributed by atoms with van der Waals surface area (Å²) in [4.78, 5) is 69.3. The zero-order valence-corrected chi connectivity index (χ0v) is 29.6. The van der Waals surface area contributed by atoms with Crippen molar-refractivity contribution in [3.05, 3.63) is 76.9 Å². The summed E-state index contributed by atoms with van der Waals surface area (Å²) in [6.07, 6.45) is 3.74. The minimum absolute atomic E-state index is 0.0256. The van der Waals surface area contributed by atoms with Crippen LogP contribution >= 0.6 is 0 Å². The van der Waals surface area contributed by atoms with Gasteiger partial charge in [-0.2, -0.15) is 0 Å². The van der Waals surface area contributed by atoms with Crippen LogP contribution in [0.2, 0.25) is 0 Å². The van der Waals surface area contributed by atoms with Gasteiger partial charge in [-0.05, 0) is 73.7 Å². The lowest BCUT2D eigenvalue weighted by atomic mass is 10.1. The third-order valence-electron chi connectivity index (χ3n) is 8.81. The van der Waals surface area contributed by atoms with Gasteiger partial charge in [-0.15, -0.1) is 0 Å². The van der Waals surface area contributed by atoms with E-state index in [0.717, 1.165) is 11.3 Å². The number of nitrogens with one attached hydrogen (secondary N) is 3. The molecule has 1 unspecified atom stereocenters. The van der Waals surface area contributed by atoms with Crippen molar-refractivity contribution in [2.24, 2.45) is 4.99 Å². The average molecular weight is 714 g/mol. The zero-order chi connectivity index (χ0) is 37.4. The van der Waals surface area contributed by atoms with E-state index in [1.807, 2.05) is 24.3 Å². The maximum absolute atomic E-state index is 13.7. The molecule has 274 valence electrons. The van der Waals surface area contributed by atoms with Gasteiger partial charge in [0.2, 0.25) is 17.7 Å². The van der Waals surface area contributed by atoms with Crippen molar-refractivity contribution >= 4 is 52.9 Å². The van der Waals surface area contributed by atoms with E-state index in [1.165, 1.54) is 28.1 Å². The minimum atomic E-state index is -0.958. The first-order valence-corrected chi connectivity index (χ1v) is 17.0. The molecular formula is C38H43N5O9. The monoisotopic (exact) mass is 713 g/mol. The zero-order valence-electron chi connectivity index (χ0n) is 29.6. The number of benzene rings is 3. The number of aliphatic imine (C=N–C) groups is 1.